The van der Waals surface area contributed by atoms with Gasteiger partial charge in [0.25, 0.3) is 0 Å². The first-order valence-corrected chi connectivity index (χ1v) is 5.77. The molecular formula is C4H11N2O2PS. The SMILES string of the molecule is CCP(=O)(O)CSC(=N)N. The van der Waals surface area contributed by atoms with Crippen LogP contribution in [0.3, 0.4) is 0 Å². The third-order valence-corrected chi connectivity index (χ3v) is 4.35. The van der Waals surface area contributed by atoms with Gasteiger partial charge in [-0.3, -0.25) is 9.97 Å². The van der Waals surface area contributed by atoms with Gasteiger partial charge in [0.15, 0.2) is 5.17 Å². The van der Waals surface area contributed by atoms with E-state index in [4.69, 9.17) is 16.0 Å². The molecule has 0 bridgehead atoms. The van der Waals surface area contributed by atoms with Crippen molar-refractivity contribution in [3.05, 3.63) is 0 Å². The van der Waals surface area contributed by atoms with Crippen LogP contribution in [0.2, 0.25) is 0 Å². The molecule has 0 aliphatic carbocycles. The van der Waals surface area contributed by atoms with Crippen molar-refractivity contribution in [1.82, 2.24) is 0 Å². The molecular weight excluding hydrogens is 171 g/mol. The number of rotatable bonds is 3. The lowest BCUT2D eigenvalue weighted by Gasteiger charge is -2.05. The third-order valence-electron chi connectivity index (χ3n) is 0.916. The number of hydrogen-bond donors (Lipinski definition) is 3. The summed E-state index contributed by atoms with van der Waals surface area (Å²) in [6, 6.07) is 0. The van der Waals surface area contributed by atoms with Gasteiger partial charge in [-0.15, -0.1) is 0 Å². The highest BCUT2D eigenvalue weighted by atomic mass is 32.2. The molecule has 0 aromatic carbocycles. The third kappa shape index (κ3) is 4.85. The Labute approximate surface area is 64.2 Å². The van der Waals surface area contributed by atoms with Crippen LogP contribution in [0, 0.1) is 5.41 Å². The standard InChI is InChI=1S/C4H11N2O2PS/c1-2-9(7,8)3-10-4(5)6/h2-3H2,1H3,(H3,5,6)(H,7,8). The molecule has 10 heavy (non-hydrogen) atoms. The van der Waals surface area contributed by atoms with Gasteiger partial charge in [0, 0.05) is 6.16 Å². The molecule has 0 aliphatic rings. The first-order chi connectivity index (χ1) is 4.48. The van der Waals surface area contributed by atoms with Crippen LogP contribution >= 0.6 is 19.1 Å². The molecule has 0 aromatic heterocycles. The van der Waals surface area contributed by atoms with Crippen LogP contribution in [0.5, 0.6) is 0 Å². The molecule has 0 saturated carbocycles. The maximum absolute atomic E-state index is 10.9. The number of nitrogens with one attached hydrogen (secondary N) is 1. The predicted molar refractivity (Wildman–Crippen MR) is 44.7 cm³/mol. The smallest absolute Gasteiger partial charge is 0.210 e. The summed E-state index contributed by atoms with van der Waals surface area (Å²) in [5, 5.41) is 6.65. The van der Waals surface area contributed by atoms with E-state index < -0.39 is 7.37 Å². The average molecular weight is 182 g/mol. The first-order valence-electron chi connectivity index (χ1n) is 2.75. The fourth-order valence-corrected chi connectivity index (χ4v) is 2.36. The lowest BCUT2D eigenvalue weighted by atomic mass is 11.0. The monoisotopic (exact) mass is 182 g/mol. The quantitative estimate of drug-likeness (QED) is 0.343. The molecule has 0 fully saturated rings. The predicted octanol–water partition coefficient (Wildman–Crippen LogP) is 0.861. The summed E-state index contributed by atoms with van der Waals surface area (Å²) in [7, 11) is -2.99. The summed E-state index contributed by atoms with van der Waals surface area (Å²) in [6.45, 7) is 1.64. The molecule has 0 amide bonds. The second kappa shape index (κ2) is 4.01. The van der Waals surface area contributed by atoms with Crippen molar-refractivity contribution < 1.29 is 9.46 Å². The zero-order valence-corrected chi connectivity index (χ0v) is 7.41. The highest BCUT2D eigenvalue weighted by molar-refractivity contribution is 8.17. The minimum atomic E-state index is -2.99. The molecule has 4 nitrogen and oxygen atoms in total. The van der Waals surface area contributed by atoms with E-state index in [-0.39, 0.29) is 16.8 Å². The summed E-state index contributed by atoms with van der Waals surface area (Å²) < 4.78 is 10.9. The van der Waals surface area contributed by atoms with Crippen LogP contribution in [0.15, 0.2) is 0 Å². The van der Waals surface area contributed by atoms with Gasteiger partial charge in [-0.2, -0.15) is 0 Å². The minimum absolute atomic E-state index is 0.0544. The lowest BCUT2D eigenvalue weighted by Crippen LogP contribution is -2.05. The van der Waals surface area contributed by atoms with Gasteiger partial charge in [-0.1, -0.05) is 18.7 Å². The van der Waals surface area contributed by atoms with E-state index in [1.165, 1.54) is 0 Å². The van der Waals surface area contributed by atoms with Crippen molar-refractivity contribution in [3.8, 4) is 0 Å². The van der Waals surface area contributed by atoms with Gasteiger partial charge in [-0.05, 0) is 0 Å². The van der Waals surface area contributed by atoms with Crippen LogP contribution in [-0.4, -0.2) is 21.7 Å². The number of thioether (sulfide) groups is 1. The van der Waals surface area contributed by atoms with Gasteiger partial charge < -0.3 is 10.6 Å². The van der Waals surface area contributed by atoms with Crippen molar-refractivity contribution in [2.75, 3.05) is 11.7 Å². The van der Waals surface area contributed by atoms with Crippen LogP contribution in [0.25, 0.3) is 0 Å². The summed E-state index contributed by atoms with van der Waals surface area (Å²) >= 11 is 0.911. The van der Waals surface area contributed by atoms with Crippen LogP contribution < -0.4 is 5.73 Å². The Balaban J connectivity index is 3.68. The average Bonchev–Trinajstić information content (AvgIpc) is 1.85. The van der Waals surface area contributed by atoms with Gasteiger partial charge in [0.05, 0.1) is 5.49 Å². The molecule has 4 N–H and O–H groups in total. The van der Waals surface area contributed by atoms with Crippen molar-refractivity contribution in [3.63, 3.8) is 0 Å². The van der Waals surface area contributed by atoms with E-state index >= 15 is 0 Å². The van der Waals surface area contributed by atoms with E-state index in [9.17, 15) is 4.57 Å². The van der Waals surface area contributed by atoms with Gasteiger partial charge in [-0.25, -0.2) is 0 Å². The summed E-state index contributed by atoms with van der Waals surface area (Å²) in [4.78, 5) is 8.95. The fraction of sp³-hybridized carbons (Fsp3) is 0.750. The van der Waals surface area contributed by atoms with E-state index in [2.05, 4.69) is 0 Å². The van der Waals surface area contributed by atoms with Gasteiger partial charge in [0.1, 0.15) is 0 Å². The number of nitrogens with two attached hydrogens (primary N) is 1. The number of hydrogen-bond acceptors (Lipinski definition) is 3. The Bertz CT molecular complexity index is 173. The Hall–Kier alpha value is 0.01000. The van der Waals surface area contributed by atoms with Crippen LogP contribution in [0.4, 0.5) is 0 Å². The zero-order chi connectivity index (χ0) is 8.20. The van der Waals surface area contributed by atoms with Crippen molar-refractivity contribution in [1.29, 1.82) is 5.41 Å². The van der Waals surface area contributed by atoms with E-state index in [0.717, 1.165) is 11.8 Å². The molecule has 0 saturated heterocycles. The zero-order valence-electron chi connectivity index (χ0n) is 5.70. The minimum Gasteiger partial charge on any atom is -0.379 e. The normalized spacial score (nSPS) is 16.2. The van der Waals surface area contributed by atoms with Crippen molar-refractivity contribution >= 4 is 24.3 Å². The Morgan fingerprint density at radius 2 is 2.40 bits per heavy atom. The highest BCUT2D eigenvalue weighted by Gasteiger charge is 2.14. The second-order valence-corrected chi connectivity index (χ2v) is 5.89. The second-order valence-electron chi connectivity index (χ2n) is 1.80. The molecule has 0 heterocycles. The van der Waals surface area contributed by atoms with E-state index in [1.807, 2.05) is 0 Å². The molecule has 0 spiro atoms. The Morgan fingerprint density at radius 1 is 1.90 bits per heavy atom. The van der Waals surface area contributed by atoms with Crippen molar-refractivity contribution in [2.45, 2.75) is 6.92 Å². The largest absolute Gasteiger partial charge is 0.379 e. The first kappa shape index (κ1) is 10.0. The molecule has 60 valence electrons. The van der Waals surface area contributed by atoms with Crippen molar-refractivity contribution in [2.24, 2.45) is 5.73 Å². The molecule has 0 aromatic rings. The van der Waals surface area contributed by atoms with E-state index in [0.29, 0.717) is 0 Å². The number of amidine groups is 1. The fourth-order valence-electron chi connectivity index (χ4n) is 0.262. The molecule has 0 radical (unpaired) electrons. The molecule has 0 aliphatic heterocycles. The van der Waals surface area contributed by atoms with Gasteiger partial charge >= 0.3 is 0 Å². The summed E-state index contributed by atoms with van der Waals surface area (Å²) in [6.07, 6.45) is 0.243. The Kier molecular flexibility index (Phi) is 4.01. The molecule has 1 unspecified atom stereocenters. The Morgan fingerprint density at radius 3 is 2.70 bits per heavy atom. The summed E-state index contributed by atoms with van der Waals surface area (Å²) in [5.41, 5.74) is 5.02. The highest BCUT2D eigenvalue weighted by Crippen LogP contribution is 2.42. The van der Waals surface area contributed by atoms with Crippen LogP contribution in [-0.2, 0) is 4.57 Å². The summed E-state index contributed by atoms with van der Waals surface area (Å²) in [5.74, 6) is 0. The topological polar surface area (TPSA) is 87.2 Å². The maximum Gasteiger partial charge on any atom is 0.210 e. The van der Waals surface area contributed by atoms with Gasteiger partial charge in [0.2, 0.25) is 7.37 Å². The molecule has 0 rings (SSSR count). The maximum atomic E-state index is 10.9. The lowest BCUT2D eigenvalue weighted by molar-refractivity contribution is 0.485. The van der Waals surface area contributed by atoms with E-state index in [1.54, 1.807) is 6.92 Å². The van der Waals surface area contributed by atoms with Crippen LogP contribution in [0.1, 0.15) is 6.92 Å². The molecule has 1 atom stereocenters. The molecule has 6 heteroatoms.